The summed E-state index contributed by atoms with van der Waals surface area (Å²) < 4.78 is 7.62. The highest BCUT2D eigenvalue weighted by molar-refractivity contribution is 5.81. The van der Waals surface area contributed by atoms with Gasteiger partial charge in [-0.1, -0.05) is 54.1 Å². The van der Waals surface area contributed by atoms with E-state index in [0.717, 1.165) is 5.56 Å². The number of benzene rings is 2. The molecule has 0 aliphatic rings. The third-order valence-electron chi connectivity index (χ3n) is 4.02. The molecular weight excluding hydrogens is 324 g/mol. The van der Waals surface area contributed by atoms with Gasteiger partial charge >= 0.3 is 0 Å². The normalized spacial score (nSPS) is 12.6. The molecule has 0 saturated carbocycles. The Kier molecular flexibility index (Phi) is 5.64. The second kappa shape index (κ2) is 8.30. The Morgan fingerprint density at radius 2 is 1.69 bits per heavy atom. The number of nitrogens with zero attached hydrogens (tertiary/aromatic N) is 2. The smallest absolute Gasteiger partial charge is 0.288 e. The quantitative estimate of drug-likeness (QED) is 0.706. The van der Waals surface area contributed by atoms with Crippen molar-refractivity contribution < 1.29 is 9.53 Å². The van der Waals surface area contributed by atoms with Crippen molar-refractivity contribution in [3.63, 3.8) is 0 Å². The second-order valence-electron chi connectivity index (χ2n) is 6.20. The van der Waals surface area contributed by atoms with E-state index in [1.165, 1.54) is 5.56 Å². The van der Waals surface area contributed by atoms with E-state index in [2.05, 4.69) is 36.2 Å². The zero-order chi connectivity index (χ0) is 18.4. The summed E-state index contributed by atoms with van der Waals surface area (Å²) in [5.74, 6) is 0.349. The van der Waals surface area contributed by atoms with Crippen LogP contribution >= 0.6 is 0 Å². The molecule has 3 rings (SSSR count). The van der Waals surface area contributed by atoms with E-state index < -0.39 is 6.10 Å². The van der Waals surface area contributed by atoms with Crippen molar-refractivity contribution in [1.82, 2.24) is 4.57 Å². The van der Waals surface area contributed by atoms with E-state index in [9.17, 15) is 4.79 Å². The minimum atomic E-state index is -0.648. The molecule has 0 fully saturated rings. The van der Waals surface area contributed by atoms with Crippen LogP contribution in [0.25, 0.3) is 0 Å². The third kappa shape index (κ3) is 4.70. The monoisotopic (exact) mass is 346 g/mol. The van der Waals surface area contributed by atoms with Crippen molar-refractivity contribution in [3.8, 4) is 5.75 Å². The van der Waals surface area contributed by atoms with Gasteiger partial charge < -0.3 is 9.30 Å². The van der Waals surface area contributed by atoms with Gasteiger partial charge in [0.05, 0.1) is 0 Å². The Labute approximate surface area is 153 Å². The molecule has 1 heterocycles. The molecule has 4 heteroatoms. The predicted octanol–water partition coefficient (Wildman–Crippen LogP) is 3.74. The van der Waals surface area contributed by atoms with E-state index in [1.807, 2.05) is 59.3 Å². The summed E-state index contributed by atoms with van der Waals surface area (Å²) >= 11 is 0. The van der Waals surface area contributed by atoms with Gasteiger partial charge in [-0.15, -0.1) is 0 Å². The highest BCUT2D eigenvalue weighted by Crippen LogP contribution is 2.11. The standard InChI is InChI=1S/C22H22N2O2/c1-17-11-13-19(14-12-17)16-24-15-7-6-10-21(24)23-22(25)18(2)26-20-8-4-3-5-9-20/h3-15,18H,16H2,1-2H3. The second-order valence-corrected chi connectivity index (χ2v) is 6.20. The summed E-state index contributed by atoms with van der Waals surface area (Å²) in [4.78, 5) is 16.7. The number of carbonyl (C=O) groups is 1. The Bertz CT molecular complexity index is 928. The van der Waals surface area contributed by atoms with Crippen molar-refractivity contribution in [2.45, 2.75) is 26.5 Å². The average Bonchev–Trinajstić information content (AvgIpc) is 2.66. The Balaban J connectivity index is 1.79. The van der Waals surface area contributed by atoms with Crippen molar-refractivity contribution in [3.05, 3.63) is 95.6 Å². The van der Waals surface area contributed by atoms with E-state index in [0.29, 0.717) is 17.8 Å². The van der Waals surface area contributed by atoms with Gasteiger partial charge in [-0.25, -0.2) is 0 Å². The first-order chi connectivity index (χ1) is 12.6. The lowest BCUT2D eigenvalue weighted by Gasteiger charge is -2.12. The van der Waals surface area contributed by atoms with Crippen LogP contribution in [0.2, 0.25) is 0 Å². The highest BCUT2D eigenvalue weighted by atomic mass is 16.5. The molecular formula is C22H22N2O2. The molecule has 0 spiro atoms. The number of aromatic nitrogens is 1. The molecule has 1 unspecified atom stereocenters. The first kappa shape index (κ1) is 17.7. The summed E-state index contributed by atoms with van der Waals surface area (Å²) in [7, 11) is 0. The molecule has 132 valence electrons. The van der Waals surface area contributed by atoms with Crippen molar-refractivity contribution in [1.29, 1.82) is 0 Å². The number of carbonyl (C=O) groups excluding carboxylic acids is 1. The summed E-state index contributed by atoms with van der Waals surface area (Å²) in [6.45, 7) is 4.43. The van der Waals surface area contributed by atoms with Gasteiger partial charge in [0.25, 0.3) is 5.91 Å². The van der Waals surface area contributed by atoms with Crippen molar-refractivity contribution >= 4 is 5.91 Å². The van der Waals surface area contributed by atoms with Crippen molar-refractivity contribution in [2.75, 3.05) is 0 Å². The predicted molar refractivity (Wildman–Crippen MR) is 102 cm³/mol. The minimum Gasteiger partial charge on any atom is -0.481 e. The maximum atomic E-state index is 12.5. The summed E-state index contributed by atoms with van der Waals surface area (Å²) in [5, 5.41) is 0. The minimum absolute atomic E-state index is 0.308. The van der Waals surface area contributed by atoms with Crippen LogP contribution in [-0.4, -0.2) is 16.6 Å². The topological polar surface area (TPSA) is 43.6 Å². The lowest BCUT2D eigenvalue weighted by atomic mass is 10.1. The Hall–Kier alpha value is -3.14. The molecule has 3 aromatic rings. The number of ether oxygens (including phenoxy) is 1. The van der Waals surface area contributed by atoms with E-state index in [4.69, 9.17) is 4.74 Å². The maximum absolute atomic E-state index is 12.5. The van der Waals surface area contributed by atoms with E-state index in [-0.39, 0.29) is 5.91 Å². The van der Waals surface area contributed by atoms with Gasteiger partial charge in [0.1, 0.15) is 11.2 Å². The summed E-state index contributed by atoms with van der Waals surface area (Å²) in [6.07, 6.45) is 1.28. The molecule has 1 aromatic heterocycles. The molecule has 0 aliphatic carbocycles. The molecule has 0 aliphatic heterocycles. The van der Waals surface area contributed by atoms with Gasteiger partial charge in [0.15, 0.2) is 6.10 Å². The van der Waals surface area contributed by atoms with E-state index in [1.54, 1.807) is 6.92 Å². The number of rotatable bonds is 5. The fourth-order valence-electron chi connectivity index (χ4n) is 2.55. The first-order valence-corrected chi connectivity index (χ1v) is 8.63. The molecule has 4 nitrogen and oxygen atoms in total. The zero-order valence-electron chi connectivity index (χ0n) is 15.0. The summed E-state index contributed by atoms with van der Waals surface area (Å²) in [5.41, 5.74) is 2.99. The number of pyridine rings is 1. The van der Waals surface area contributed by atoms with Crippen LogP contribution in [0.3, 0.4) is 0 Å². The molecule has 0 radical (unpaired) electrons. The fraction of sp³-hybridized carbons (Fsp3) is 0.182. The molecule has 0 bridgehead atoms. The number of para-hydroxylation sites is 1. The molecule has 26 heavy (non-hydrogen) atoms. The van der Waals surface area contributed by atoms with Crippen molar-refractivity contribution in [2.24, 2.45) is 4.99 Å². The van der Waals surface area contributed by atoms with Gasteiger partial charge in [0, 0.05) is 12.7 Å². The van der Waals surface area contributed by atoms with Crippen LogP contribution in [0.4, 0.5) is 0 Å². The lowest BCUT2D eigenvalue weighted by molar-refractivity contribution is -0.124. The molecule has 0 N–H and O–H groups in total. The van der Waals surface area contributed by atoms with Gasteiger partial charge in [-0.3, -0.25) is 4.79 Å². The maximum Gasteiger partial charge on any atom is 0.288 e. The SMILES string of the molecule is Cc1ccc(Cn2ccccc2=NC(=O)C(C)Oc2ccccc2)cc1. The Morgan fingerprint density at radius 1 is 1.00 bits per heavy atom. The van der Waals surface area contributed by atoms with E-state index >= 15 is 0 Å². The molecule has 2 aromatic carbocycles. The fourth-order valence-corrected chi connectivity index (χ4v) is 2.55. The number of hydrogen-bond acceptors (Lipinski definition) is 2. The number of hydrogen-bond donors (Lipinski definition) is 0. The van der Waals surface area contributed by atoms with Crippen LogP contribution in [0.15, 0.2) is 84.0 Å². The lowest BCUT2D eigenvalue weighted by Crippen LogP contribution is -2.28. The number of aryl methyl sites for hydroxylation is 1. The molecule has 1 amide bonds. The largest absolute Gasteiger partial charge is 0.481 e. The first-order valence-electron chi connectivity index (χ1n) is 8.63. The molecule has 1 atom stereocenters. The van der Waals surface area contributed by atoms with Crippen LogP contribution in [0.1, 0.15) is 18.1 Å². The van der Waals surface area contributed by atoms with Crippen LogP contribution in [0.5, 0.6) is 5.75 Å². The summed E-state index contributed by atoms with van der Waals surface area (Å²) in [6, 6.07) is 23.3. The third-order valence-corrected chi connectivity index (χ3v) is 4.02. The zero-order valence-corrected chi connectivity index (χ0v) is 15.0. The highest BCUT2D eigenvalue weighted by Gasteiger charge is 2.13. The van der Waals surface area contributed by atoms with Crippen LogP contribution in [-0.2, 0) is 11.3 Å². The van der Waals surface area contributed by atoms with Gasteiger partial charge in [-0.05, 0) is 43.7 Å². The van der Waals surface area contributed by atoms with Gasteiger partial charge in [0.2, 0.25) is 0 Å². The average molecular weight is 346 g/mol. The Morgan fingerprint density at radius 3 is 2.42 bits per heavy atom. The van der Waals surface area contributed by atoms with Gasteiger partial charge in [-0.2, -0.15) is 4.99 Å². The number of amides is 1. The van der Waals surface area contributed by atoms with Crippen LogP contribution in [0, 0.1) is 6.92 Å². The van der Waals surface area contributed by atoms with Crippen LogP contribution < -0.4 is 10.2 Å². The molecule has 0 saturated heterocycles.